The van der Waals surface area contributed by atoms with Crippen LogP contribution in [0.25, 0.3) is 0 Å². The standard InChI is InChI=1S/C16H16N2O/c1-12-8-9-14(11-17-12)16(19)18-10-4-6-13-5-2-3-7-15(13)18/h2-3,5,7-9,11H,4,6,10H2,1H3. The maximum atomic E-state index is 12.6. The van der Waals surface area contributed by atoms with Crippen molar-refractivity contribution in [2.75, 3.05) is 11.4 Å². The summed E-state index contributed by atoms with van der Waals surface area (Å²) in [6.45, 7) is 2.70. The lowest BCUT2D eigenvalue weighted by atomic mass is 10.0. The fourth-order valence-corrected chi connectivity index (χ4v) is 2.49. The van der Waals surface area contributed by atoms with E-state index in [4.69, 9.17) is 0 Å². The average Bonchev–Trinajstić information content (AvgIpc) is 2.47. The summed E-state index contributed by atoms with van der Waals surface area (Å²) >= 11 is 0. The Morgan fingerprint density at radius 2 is 2.05 bits per heavy atom. The topological polar surface area (TPSA) is 33.2 Å². The maximum absolute atomic E-state index is 12.6. The number of carbonyl (C=O) groups excluding carboxylic acids is 1. The number of carbonyl (C=O) groups is 1. The summed E-state index contributed by atoms with van der Waals surface area (Å²) in [5, 5.41) is 0. The summed E-state index contributed by atoms with van der Waals surface area (Å²) in [5.41, 5.74) is 3.87. The molecule has 96 valence electrons. The Kier molecular flexibility index (Phi) is 3.03. The molecule has 0 bridgehead atoms. The van der Waals surface area contributed by atoms with Gasteiger partial charge in [-0.3, -0.25) is 9.78 Å². The number of benzene rings is 1. The fraction of sp³-hybridized carbons (Fsp3) is 0.250. The number of hydrogen-bond donors (Lipinski definition) is 0. The van der Waals surface area contributed by atoms with Gasteiger partial charge in [0.15, 0.2) is 0 Å². The predicted octanol–water partition coefficient (Wildman–Crippen LogP) is 2.98. The molecular formula is C16H16N2O. The predicted molar refractivity (Wildman–Crippen MR) is 75.4 cm³/mol. The quantitative estimate of drug-likeness (QED) is 0.781. The lowest BCUT2D eigenvalue weighted by Gasteiger charge is -2.29. The second-order valence-electron chi connectivity index (χ2n) is 4.88. The van der Waals surface area contributed by atoms with Gasteiger partial charge in [0.1, 0.15) is 0 Å². The molecular weight excluding hydrogens is 236 g/mol. The van der Waals surface area contributed by atoms with Crippen LogP contribution in [0, 0.1) is 6.92 Å². The molecule has 0 saturated carbocycles. The van der Waals surface area contributed by atoms with Crippen molar-refractivity contribution >= 4 is 11.6 Å². The van der Waals surface area contributed by atoms with Gasteiger partial charge >= 0.3 is 0 Å². The van der Waals surface area contributed by atoms with Gasteiger partial charge < -0.3 is 4.90 Å². The maximum Gasteiger partial charge on any atom is 0.259 e. The number of fused-ring (bicyclic) bond motifs is 1. The van der Waals surface area contributed by atoms with Gasteiger partial charge in [-0.05, 0) is 43.5 Å². The van der Waals surface area contributed by atoms with Crippen LogP contribution in [0.4, 0.5) is 5.69 Å². The molecule has 19 heavy (non-hydrogen) atoms. The Labute approximate surface area is 112 Å². The van der Waals surface area contributed by atoms with E-state index in [-0.39, 0.29) is 5.91 Å². The molecule has 0 radical (unpaired) electrons. The zero-order chi connectivity index (χ0) is 13.2. The Bertz CT molecular complexity index is 604. The Balaban J connectivity index is 1.95. The minimum absolute atomic E-state index is 0.0413. The van der Waals surface area contributed by atoms with Gasteiger partial charge in [0, 0.05) is 24.1 Å². The Hall–Kier alpha value is -2.16. The van der Waals surface area contributed by atoms with Gasteiger partial charge in [-0.25, -0.2) is 0 Å². The molecule has 0 saturated heterocycles. The van der Waals surface area contributed by atoms with Crippen LogP contribution >= 0.6 is 0 Å². The summed E-state index contributed by atoms with van der Waals surface area (Å²) < 4.78 is 0. The molecule has 2 heterocycles. The van der Waals surface area contributed by atoms with E-state index in [1.54, 1.807) is 6.20 Å². The lowest BCUT2D eigenvalue weighted by Crippen LogP contribution is -2.35. The highest BCUT2D eigenvalue weighted by Gasteiger charge is 2.23. The van der Waals surface area contributed by atoms with Gasteiger partial charge in [-0.2, -0.15) is 0 Å². The third-order valence-corrected chi connectivity index (χ3v) is 3.51. The van der Waals surface area contributed by atoms with Crippen LogP contribution in [-0.4, -0.2) is 17.4 Å². The number of rotatable bonds is 1. The largest absolute Gasteiger partial charge is 0.308 e. The first-order valence-corrected chi connectivity index (χ1v) is 6.58. The smallest absolute Gasteiger partial charge is 0.259 e. The molecule has 3 nitrogen and oxygen atoms in total. The fourth-order valence-electron chi connectivity index (χ4n) is 2.49. The van der Waals surface area contributed by atoms with Crippen molar-refractivity contribution in [2.24, 2.45) is 0 Å². The molecule has 1 aromatic carbocycles. The number of anilines is 1. The molecule has 2 aromatic rings. The molecule has 0 unspecified atom stereocenters. The minimum Gasteiger partial charge on any atom is -0.308 e. The van der Waals surface area contributed by atoms with Crippen LogP contribution in [-0.2, 0) is 6.42 Å². The molecule has 0 fully saturated rings. The molecule has 1 aliphatic rings. The van der Waals surface area contributed by atoms with Crippen LogP contribution in [0.5, 0.6) is 0 Å². The Morgan fingerprint density at radius 1 is 1.21 bits per heavy atom. The highest BCUT2D eigenvalue weighted by molar-refractivity contribution is 6.06. The molecule has 1 aromatic heterocycles. The normalized spacial score (nSPS) is 14.1. The van der Waals surface area contributed by atoms with Crippen molar-refractivity contribution in [3.63, 3.8) is 0 Å². The van der Waals surface area contributed by atoms with E-state index in [0.29, 0.717) is 5.56 Å². The number of amides is 1. The summed E-state index contributed by atoms with van der Waals surface area (Å²) in [7, 11) is 0. The van der Waals surface area contributed by atoms with Crippen molar-refractivity contribution in [1.82, 2.24) is 4.98 Å². The molecule has 3 heteroatoms. The molecule has 0 spiro atoms. The summed E-state index contributed by atoms with van der Waals surface area (Å²) in [6.07, 6.45) is 3.73. The minimum atomic E-state index is 0.0413. The highest BCUT2D eigenvalue weighted by atomic mass is 16.2. The summed E-state index contributed by atoms with van der Waals surface area (Å²) in [4.78, 5) is 18.6. The third-order valence-electron chi connectivity index (χ3n) is 3.51. The van der Waals surface area contributed by atoms with E-state index in [1.807, 2.05) is 42.2 Å². The highest BCUT2D eigenvalue weighted by Crippen LogP contribution is 2.27. The lowest BCUT2D eigenvalue weighted by molar-refractivity contribution is 0.0985. The molecule has 3 rings (SSSR count). The van der Waals surface area contributed by atoms with Gasteiger partial charge in [-0.1, -0.05) is 18.2 Å². The first kappa shape index (κ1) is 11.9. The van der Waals surface area contributed by atoms with Crippen molar-refractivity contribution in [3.8, 4) is 0 Å². The van der Waals surface area contributed by atoms with Gasteiger partial charge in [0.2, 0.25) is 0 Å². The van der Waals surface area contributed by atoms with Gasteiger partial charge in [-0.15, -0.1) is 0 Å². The van der Waals surface area contributed by atoms with E-state index in [9.17, 15) is 4.79 Å². The molecule has 0 N–H and O–H groups in total. The van der Waals surface area contributed by atoms with Crippen LogP contribution in [0.15, 0.2) is 42.6 Å². The van der Waals surface area contributed by atoms with E-state index in [2.05, 4.69) is 11.1 Å². The van der Waals surface area contributed by atoms with Gasteiger partial charge in [0.05, 0.1) is 5.56 Å². The monoisotopic (exact) mass is 252 g/mol. The second kappa shape index (κ2) is 4.84. The molecule has 1 aliphatic heterocycles. The van der Waals surface area contributed by atoms with E-state index >= 15 is 0 Å². The zero-order valence-corrected chi connectivity index (χ0v) is 11.0. The zero-order valence-electron chi connectivity index (χ0n) is 11.0. The third kappa shape index (κ3) is 2.24. The summed E-state index contributed by atoms with van der Waals surface area (Å²) in [6, 6.07) is 11.9. The molecule has 1 amide bonds. The van der Waals surface area contributed by atoms with Crippen molar-refractivity contribution in [2.45, 2.75) is 19.8 Å². The van der Waals surface area contributed by atoms with Crippen molar-refractivity contribution < 1.29 is 4.79 Å². The number of pyridine rings is 1. The van der Waals surface area contributed by atoms with Crippen LogP contribution in [0.3, 0.4) is 0 Å². The Morgan fingerprint density at radius 3 is 2.84 bits per heavy atom. The SMILES string of the molecule is Cc1ccc(C(=O)N2CCCc3ccccc32)cn1. The van der Waals surface area contributed by atoms with E-state index in [0.717, 1.165) is 30.8 Å². The van der Waals surface area contributed by atoms with Gasteiger partial charge in [0.25, 0.3) is 5.91 Å². The number of aryl methyl sites for hydroxylation is 2. The molecule has 0 atom stereocenters. The van der Waals surface area contributed by atoms with Crippen molar-refractivity contribution in [1.29, 1.82) is 0 Å². The average molecular weight is 252 g/mol. The van der Waals surface area contributed by atoms with Crippen LogP contribution in [0.2, 0.25) is 0 Å². The second-order valence-corrected chi connectivity index (χ2v) is 4.88. The molecule has 0 aliphatic carbocycles. The number of nitrogens with zero attached hydrogens (tertiary/aromatic N) is 2. The number of hydrogen-bond acceptors (Lipinski definition) is 2. The number of aromatic nitrogens is 1. The first-order chi connectivity index (χ1) is 9.25. The number of para-hydroxylation sites is 1. The van der Waals surface area contributed by atoms with Crippen LogP contribution < -0.4 is 4.90 Å². The first-order valence-electron chi connectivity index (χ1n) is 6.58. The van der Waals surface area contributed by atoms with Crippen LogP contribution in [0.1, 0.15) is 28.0 Å². The van der Waals surface area contributed by atoms with E-state index < -0.39 is 0 Å². The van der Waals surface area contributed by atoms with Crippen molar-refractivity contribution in [3.05, 3.63) is 59.4 Å². The summed E-state index contributed by atoms with van der Waals surface area (Å²) in [5.74, 6) is 0.0413. The van der Waals surface area contributed by atoms with E-state index in [1.165, 1.54) is 5.56 Å².